The van der Waals surface area contributed by atoms with Gasteiger partial charge < -0.3 is 11.1 Å². The predicted molar refractivity (Wildman–Crippen MR) is 73.2 cm³/mol. The number of thioether (sulfide) groups is 1. The van der Waals surface area contributed by atoms with Crippen LogP contribution in [0, 0.1) is 0 Å². The Morgan fingerprint density at radius 2 is 2.19 bits per heavy atom. The van der Waals surface area contributed by atoms with Crippen molar-refractivity contribution in [2.45, 2.75) is 56.9 Å². The Morgan fingerprint density at radius 1 is 1.50 bits per heavy atom. The van der Waals surface area contributed by atoms with Crippen LogP contribution in [0.4, 0.5) is 0 Å². The van der Waals surface area contributed by atoms with Crippen molar-refractivity contribution in [2.24, 2.45) is 5.73 Å². The SMILES string of the molecule is CCSC1CCCC1NC(=O)[C@@H](N)CC.Cl. The minimum absolute atomic E-state index is 0. The molecular formula is C11H23ClN2OS. The van der Waals surface area contributed by atoms with Gasteiger partial charge in [-0.15, -0.1) is 12.4 Å². The van der Waals surface area contributed by atoms with Gasteiger partial charge in [0.15, 0.2) is 0 Å². The van der Waals surface area contributed by atoms with Crippen molar-refractivity contribution in [1.82, 2.24) is 5.32 Å². The van der Waals surface area contributed by atoms with Gasteiger partial charge in [0.2, 0.25) is 5.91 Å². The molecule has 2 unspecified atom stereocenters. The number of nitrogens with two attached hydrogens (primary N) is 1. The Labute approximate surface area is 109 Å². The molecule has 3 nitrogen and oxygen atoms in total. The number of hydrogen-bond acceptors (Lipinski definition) is 3. The highest BCUT2D eigenvalue weighted by Gasteiger charge is 2.29. The summed E-state index contributed by atoms with van der Waals surface area (Å²) < 4.78 is 0. The van der Waals surface area contributed by atoms with Crippen LogP contribution >= 0.6 is 24.2 Å². The van der Waals surface area contributed by atoms with Crippen molar-refractivity contribution in [1.29, 1.82) is 0 Å². The molecule has 3 N–H and O–H groups in total. The van der Waals surface area contributed by atoms with Crippen LogP contribution in [0.3, 0.4) is 0 Å². The summed E-state index contributed by atoms with van der Waals surface area (Å²) >= 11 is 1.95. The number of nitrogens with one attached hydrogen (secondary N) is 1. The van der Waals surface area contributed by atoms with Crippen LogP contribution in [-0.4, -0.2) is 29.0 Å². The summed E-state index contributed by atoms with van der Waals surface area (Å²) in [6.45, 7) is 4.11. The molecule has 0 radical (unpaired) electrons. The summed E-state index contributed by atoms with van der Waals surface area (Å²) in [5.41, 5.74) is 5.70. The Balaban J connectivity index is 0.00000225. The smallest absolute Gasteiger partial charge is 0.237 e. The quantitative estimate of drug-likeness (QED) is 0.800. The van der Waals surface area contributed by atoms with Crippen LogP contribution in [0.25, 0.3) is 0 Å². The zero-order valence-corrected chi connectivity index (χ0v) is 11.7. The van der Waals surface area contributed by atoms with E-state index in [2.05, 4.69) is 12.2 Å². The monoisotopic (exact) mass is 266 g/mol. The number of carbonyl (C=O) groups is 1. The zero-order valence-electron chi connectivity index (χ0n) is 10.1. The summed E-state index contributed by atoms with van der Waals surface area (Å²) in [7, 11) is 0. The molecule has 96 valence electrons. The van der Waals surface area contributed by atoms with E-state index >= 15 is 0 Å². The van der Waals surface area contributed by atoms with E-state index in [1.165, 1.54) is 12.8 Å². The second kappa shape index (κ2) is 8.20. The van der Waals surface area contributed by atoms with Gasteiger partial charge in [-0.05, 0) is 25.0 Å². The molecule has 1 amide bonds. The van der Waals surface area contributed by atoms with E-state index in [1.54, 1.807) is 0 Å². The summed E-state index contributed by atoms with van der Waals surface area (Å²) in [6.07, 6.45) is 4.28. The molecule has 0 bridgehead atoms. The average Bonchev–Trinajstić information content (AvgIpc) is 2.65. The largest absolute Gasteiger partial charge is 0.351 e. The summed E-state index contributed by atoms with van der Waals surface area (Å²) in [5, 5.41) is 3.68. The lowest BCUT2D eigenvalue weighted by Crippen LogP contribution is -2.47. The number of amides is 1. The molecule has 1 aliphatic carbocycles. The molecule has 0 aromatic rings. The van der Waals surface area contributed by atoms with Gasteiger partial charge in [0, 0.05) is 11.3 Å². The highest BCUT2D eigenvalue weighted by molar-refractivity contribution is 7.99. The number of halogens is 1. The Morgan fingerprint density at radius 3 is 2.75 bits per heavy atom. The third kappa shape index (κ3) is 4.52. The van der Waals surface area contributed by atoms with Crippen molar-refractivity contribution < 1.29 is 4.79 Å². The van der Waals surface area contributed by atoms with Gasteiger partial charge in [-0.3, -0.25) is 4.79 Å². The first-order valence-electron chi connectivity index (χ1n) is 5.86. The molecule has 16 heavy (non-hydrogen) atoms. The van der Waals surface area contributed by atoms with Crippen molar-refractivity contribution in [3.8, 4) is 0 Å². The molecule has 1 fully saturated rings. The van der Waals surface area contributed by atoms with E-state index in [9.17, 15) is 4.79 Å². The van der Waals surface area contributed by atoms with Crippen LogP contribution in [0.1, 0.15) is 39.5 Å². The van der Waals surface area contributed by atoms with Gasteiger partial charge in [0.05, 0.1) is 6.04 Å². The molecule has 0 aromatic heterocycles. The first-order valence-corrected chi connectivity index (χ1v) is 6.91. The topological polar surface area (TPSA) is 55.1 Å². The maximum absolute atomic E-state index is 11.6. The van der Waals surface area contributed by atoms with E-state index in [1.807, 2.05) is 18.7 Å². The number of hydrogen-bond donors (Lipinski definition) is 2. The molecular weight excluding hydrogens is 244 g/mol. The fourth-order valence-electron chi connectivity index (χ4n) is 1.98. The van der Waals surface area contributed by atoms with E-state index < -0.39 is 0 Å². The van der Waals surface area contributed by atoms with Gasteiger partial charge in [0.25, 0.3) is 0 Å². The van der Waals surface area contributed by atoms with Crippen LogP contribution in [-0.2, 0) is 4.79 Å². The van der Waals surface area contributed by atoms with Gasteiger partial charge in [-0.25, -0.2) is 0 Å². The molecule has 3 atom stereocenters. The lowest BCUT2D eigenvalue weighted by molar-refractivity contribution is -0.123. The van der Waals surface area contributed by atoms with E-state index in [4.69, 9.17) is 5.73 Å². The molecule has 1 saturated carbocycles. The highest BCUT2D eigenvalue weighted by atomic mass is 35.5. The van der Waals surface area contributed by atoms with Gasteiger partial charge in [0.1, 0.15) is 0 Å². The van der Waals surface area contributed by atoms with Crippen molar-refractivity contribution in [3.05, 3.63) is 0 Å². The molecule has 0 saturated heterocycles. The lowest BCUT2D eigenvalue weighted by atomic mass is 10.2. The van der Waals surface area contributed by atoms with Gasteiger partial charge >= 0.3 is 0 Å². The highest BCUT2D eigenvalue weighted by Crippen LogP contribution is 2.29. The van der Waals surface area contributed by atoms with Crippen molar-refractivity contribution in [3.63, 3.8) is 0 Å². The third-order valence-electron chi connectivity index (χ3n) is 2.94. The lowest BCUT2D eigenvalue weighted by Gasteiger charge is -2.21. The molecule has 1 aliphatic rings. The van der Waals surface area contributed by atoms with E-state index in [0.29, 0.717) is 17.7 Å². The fraction of sp³-hybridized carbons (Fsp3) is 0.909. The second-order valence-electron chi connectivity index (χ2n) is 4.05. The third-order valence-corrected chi connectivity index (χ3v) is 4.26. The average molecular weight is 267 g/mol. The van der Waals surface area contributed by atoms with E-state index in [0.717, 1.165) is 12.2 Å². The predicted octanol–water partition coefficient (Wildman–Crippen LogP) is 1.94. The number of rotatable bonds is 5. The Bertz CT molecular complexity index is 216. The summed E-state index contributed by atoms with van der Waals surface area (Å²) in [4.78, 5) is 11.6. The first-order chi connectivity index (χ1) is 7.19. The summed E-state index contributed by atoms with van der Waals surface area (Å²) in [5.74, 6) is 1.14. The maximum Gasteiger partial charge on any atom is 0.237 e. The molecule has 5 heteroatoms. The summed E-state index contributed by atoms with van der Waals surface area (Å²) in [6, 6.07) is 0.0120. The first kappa shape index (κ1) is 16.1. The van der Waals surface area contributed by atoms with Crippen LogP contribution in [0.15, 0.2) is 0 Å². The standard InChI is InChI=1S/C11H22N2OS.ClH/c1-3-8(12)11(14)13-9-6-5-7-10(9)15-4-2;/h8-10H,3-7,12H2,1-2H3,(H,13,14);1H/t8-,9?,10?;/m0./s1. The van der Waals surface area contributed by atoms with Crippen molar-refractivity contribution >= 4 is 30.1 Å². The van der Waals surface area contributed by atoms with Crippen LogP contribution in [0.5, 0.6) is 0 Å². The van der Waals surface area contributed by atoms with E-state index in [-0.39, 0.29) is 24.4 Å². The molecule has 0 aromatic carbocycles. The minimum atomic E-state index is -0.335. The van der Waals surface area contributed by atoms with Crippen molar-refractivity contribution in [2.75, 3.05) is 5.75 Å². The molecule has 0 aliphatic heterocycles. The van der Waals surface area contributed by atoms with Crippen LogP contribution in [0.2, 0.25) is 0 Å². The number of carbonyl (C=O) groups excluding carboxylic acids is 1. The molecule has 0 spiro atoms. The molecule has 0 heterocycles. The second-order valence-corrected chi connectivity index (χ2v) is 5.57. The van der Waals surface area contributed by atoms with Gasteiger partial charge in [-0.1, -0.05) is 20.3 Å². The Hall–Kier alpha value is 0.0700. The van der Waals surface area contributed by atoms with Crippen LogP contribution < -0.4 is 11.1 Å². The fourth-order valence-corrected chi connectivity index (χ4v) is 3.18. The minimum Gasteiger partial charge on any atom is -0.351 e. The molecule has 1 rings (SSSR count). The Kier molecular flexibility index (Phi) is 8.24. The normalized spacial score (nSPS) is 25.9. The maximum atomic E-state index is 11.6. The van der Waals surface area contributed by atoms with Gasteiger partial charge in [-0.2, -0.15) is 11.8 Å². The zero-order chi connectivity index (χ0) is 11.3.